The highest BCUT2D eigenvalue weighted by Crippen LogP contribution is 2.23. The van der Waals surface area contributed by atoms with Crippen LogP contribution in [0.25, 0.3) is 0 Å². The second-order valence-corrected chi connectivity index (χ2v) is 8.20. The monoisotopic (exact) mass is 361 g/mol. The highest BCUT2D eigenvalue weighted by atomic mass is 19.1. The van der Waals surface area contributed by atoms with Crippen molar-refractivity contribution in [2.75, 3.05) is 0 Å². The van der Waals surface area contributed by atoms with Gasteiger partial charge in [0.2, 0.25) is 0 Å². The molecule has 0 N–H and O–H groups in total. The van der Waals surface area contributed by atoms with Crippen LogP contribution in [0.1, 0.15) is 43.0 Å². The molecule has 0 spiro atoms. The third kappa shape index (κ3) is 5.77. The van der Waals surface area contributed by atoms with Crippen molar-refractivity contribution in [3.8, 4) is 0 Å². The highest BCUT2D eigenvalue weighted by Gasteiger charge is 2.14. The second-order valence-electron chi connectivity index (χ2n) is 8.20. The summed E-state index contributed by atoms with van der Waals surface area (Å²) in [5, 5.41) is 0. The first-order chi connectivity index (χ1) is 12.9. The SMILES string of the molecule is CC(C)(C)c1ccc(CN(Cc2ccccc2)Cc2ccc(F)cc2)cc1. The van der Waals surface area contributed by atoms with Crippen molar-refractivity contribution in [3.05, 3.63) is 107 Å². The summed E-state index contributed by atoms with van der Waals surface area (Å²) in [4.78, 5) is 2.40. The molecular formula is C25H28FN. The second kappa shape index (κ2) is 8.49. The third-order valence-electron chi connectivity index (χ3n) is 4.79. The van der Waals surface area contributed by atoms with E-state index in [4.69, 9.17) is 0 Å². The summed E-state index contributed by atoms with van der Waals surface area (Å²) >= 11 is 0. The van der Waals surface area contributed by atoms with Crippen LogP contribution in [-0.2, 0) is 25.0 Å². The molecule has 0 aliphatic carbocycles. The Morgan fingerprint density at radius 2 is 1.07 bits per heavy atom. The van der Waals surface area contributed by atoms with Crippen LogP contribution >= 0.6 is 0 Å². The van der Waals surface area contributed by atoms with E-state index < -0.39 is 0 Å². The summed E-state index contributed by atoms with van der Waals surface area (Å²) < 4.78 is 13.2. The van der Waals surface area contributed by atoms with E-state index >= 15 is 0 Å². The molecule has 140 valence electrons. The highest BCUT2D eigenvalue weighted by molar-refractivity contribution is 5.28. The number of rotatable bonds is 6. The molecule has 1 nitrogen and oxygen atoms in total. The predicted octanol–water partition coefficient (Wildman–Crippen LogP) is 6.33. The molecule has 27 heavy (non-hydrogen) atoms. The van der Waals surface area contributed by atoms with Crippen LogP contribution in [0.4, 0.5) is 4.39 Å². The third-order valence-corrected chi connectivity index (χ3v) is 4.79. The molecule has 3 aromatic carbocycles. The Kier molecular flexibility index (Phi) is 6.08. The number of nitrogens with zero attached hydrogens (tertiary/aromatic N) is 1. The minimum atomic E-state index is -0.189. The van der Waals surface area contributed by atoms with E-state index in [1.165, 1.54) is 28.8 Å². The van der Waals surface area contributed by atoms with Gasteiger partial charge in [-0.05, 0) is 39.8 Å². The van der Waals surface area contributed by atoms with Gasteiger partial charge in [-0.25, -0.2) is 4.39 Å². The van der Waals surface area contributed by atoms with E-state index in [9.17, 15) is 4.39 Å². The molecule has 0 radical (unpaired) electrons. The van der Waals surface area contributed by atoms with E-state index in [2.05, 4.69) is 74.2 Å². The van der Waals surface area contributed by atoms with Gasteiger partial charge in [0.05, 0.1) is 0 Å². The number of halogens is 1. The molecule has 3 rings (SSSR count). The molecule has 0 aliphatic heterocycles. The van der Waals surface area contributed by atoms with Crippen molar-refractivity contribution in [3.63, 3.8) is 0 Å². The largest absolute Gasteiger partial charge is 0.291 e. The fourth-order valence-electron chi connectivity index (χ4n) is 3.23. The Bertz CT molecular complexity index is 830. The van der Waals surface area contributed by atoms with E-state index in [-0.39, 0.29) is 11.2 Å². The van der Waals surface area contributed by atoms with Gasteiger partial charge in [-0.3, -0.25) is 4.90 Å². The van der Waals surface area contributed by atoms with Gasteiger partial charge in [-0.2, -0.15) is 0 Å². The van der Waals surface area contributed by atoms with E-state index in [0.717, 1.165) is 25.2 Å². The summed E-state index contributed by atoms with van der Waals surface area (Å²) in [5.41, 5.74) is 5.21. The number of benzene rings is 3. The van der Waals surface area contributed by atoms with Crippen LogP contribution in [0.2, 0.25) is 0 Å². The Morgan fingerprint density at radius 3 is 1.56 bits per heavy atom. The van der Waals surface area contributed by atoms with Crippen LogP contribution < -0.4 is 0 Å². The average Bonchev–Trinajstić information content (AvgIpc) is 2.64. The lowest BCUT2D eigenvalue weighted by molar-refractivity contribution is 0.247. The first kappa shape index (κ1) is 19.3. The molecule has 0 saturated carbocycles. The smallest absolute Gasteiger partial charge is 0.123 e. The van der Waals surface area contributed by atoms with Crippen LogP contribution in [0, 0.1) is 5.82 Å². The summed E-state index contributed by atoms with van der Waals surface area (Å²) in [6.07, 6.45) is 0. The first-order valence-electron chi connectivity index (χ1n) is 9.50. The van der Waals surface area contributed by atoms with Crippen molar-refractivity contribution < 1.29 is 4.39 Å². The maximum atomic E-state index is 13.2. The first-order valence-corrected chi connectivity index (χ1v) is 9.50. The number of hydrogen-bond donors (Lipinski definition) is 0. The molecule has 0 bridgehead atoms. The Morgan fingerprint density at radius 1 is 0.630 bits per heavy atom. The van der Waals surface area contributed by atoms with Gasteiger partial charge in [0, 0.05) is 19.6 Å². The molecule has 0 atom stereocenters. The summed E-state index contributed by atoms with van der Waals surface area (Å²) in [7, 11) is 0. The lowest BCUT2D eigenvalue weighted by Gasteiger charge is -2.24. The standard InChI is InChI=1S/C25H28FN/c1-25(2,3)23-13-9-21(10-14-23)18-27(17-20-7-5-4-6-8-20)19-22-11-15-24(26)16-12-22/h4-16H,17-19H2,1-3H3. The molecule has 0 aromatic heterocycles. The fourth-order valence-corrected chi connectivity index (χ4v) is 3.23. The zero-order chi connectivity index (χ0) is 19.3. The van der Waals surface area contributed by atoms with Gasteiger partial charge in [-0.1, -0.05) is 87.5 Å². The molecule has 0 aliphatic rings. The van der Waals surface area contributed by atoms with Crippen LogP contribution in [-0.4, -0.2) is 4.90 Å². The minimum absolute atomic E-state index is 0.163. The Balaban J connectivity index is 1.77. The van der Waals surface area contributed by atoms with E-state index in [1.54, 1.807) is 0 Å². The zero-order valence-electron chi connectivity index (χ0n) is 16.5. The van der Waals surface area contributed by atoms with Crippen molar-refractivity contribution in [1.82, 2.24) is 4.90 Å². The molecule has 3 aromatic rings. The maximum absolute atomic E-state index is 13.2. The van der Waals surface area contributed by atoms with Gasteiger partial charge < -0.3 is 0 Å². The van der Waals surface area contributed by atoms with Crippen molar-refractivity contribution in [2.45, 2.75) is 45.8 Å². The quantitative estimate of drug-likeness (QED) is 0.496. The van der Waals surface area contributed by atoms with Crippen LogP contribution in [0.5, 0.6) is 0 Å². The van der Waals surface area contributed by atoms with E-state index in [0.29, 0.717) is 0 Å². The maximum Gasteiger partial charge on any atom is 0.123 e. The summed E-state index contributed by atoms with van der Waals surface area (Å²) in [6, 6.07) is 26.2. The van der Waals surface area contributed by atoms with Gasteiger partial charge >= 0.3 is 0 Å². The van der Waals surface area contributed by atoms with Crippen LogP contribution in [0.15, 0.2) is 78.9 Å². The summed E-state index contributed by atoms with van der Waals surface area (Å²) in [6.45, 7) is 9.21. The molecule has 0 unspecified atom stereocenters. The lowest BCUT2D eigenvalue weighted by Crippen LogP contribution is -2.22. The normalized spacial score (nSPS) is 11.7. The minimum Gasteiger partial charge on any atom is -0.291 e. The number of hydrogen-bond acceptors (Lipinski definition) is 1. The van der Waals surface area contributed by atoms with Gasteiger partial charge in [-0.15, -0.1) is 0 Å². The van der Waals surface area contributed by atoms with E-state index in [1.807, 2.05) is 18.2 Å². The average molecular weight is 362 g/mol. The Labute approximate surface area is 162 Å². The molecule has 0 fully saturated rings. The van der Waals surface area contributed by atoms with Gasteiger partial charge in [0.1, 0.15) is 5.82 Å². The van der Waals surface area contributed by atoms with Crippen molar-refractivity contribution in [2.24, 2.45) is 0 Å². The topological polar surface area (TPSA) is 3.24 Å². The zero-order valence-corrected chi connectivity index (χ0v) is 16.5. The molecule has 0 heterocycles. The Hall–Kier alpha value is -2.45. The lowest BCUT2D eigenvalue weighted by atomic mass is 9.87. The van der Waals surface area contributed by atoms with Crippen LogP contribution in [0.3, 0.4) is 0 Å². The predicted molar refractivity (Wildman–Crippen MR) is 111 cm³/mol. The molecule has 2 heteroatoms. The molecule has 0 amide bonds. The molecule has 0 saturated heterocycles. The van der Waals surface area contributed by atoms with Crippen molar-refractivity contribution in [1.29, 1.82) is 0 Å². The van der Waals surface area contributed by atoms with Crippen molar-refractivity contribution >= 4 is 0 Å². The van der Waals surface area contributed by atoms with Gasteiger partial charge in [0.25, 0.3) is 0 Å². The van der Waals surface area contributed by atoms with Gasteiger partial charge in [0.15, 0.2) is 0 Å². The fraction of sp³-hybridized carbons (Fsp3) is 0.280. The molecular weight excluding hydrogens is 333 g/mol. The summed E-state index contributed by atoms with van der Waals surface area (Å²) in [5.74, 6) is -0.189.